The van der Waals surface area contributed by atoms with Gasteiger partial charge in [-0.25, -0.2) is 0 Å². The lowest BCUT2D eigenvalue weighted by Crippen LogP contribution is -2.01. The van der Waals surface area contributed by atoms with E-state index in [1.807, 2.05) is 19.1 Å². The molecule has 64 valence electrons. The second kappa shape index (κ2) is 7.32. The minimum absolute atomic E-state index is 0.139. The highest BCUT2D eigenvalue weighted by atomic mass is 16.5. The molecule has 0 saturated heterocycles. The number of rotatable bonds is 5. The molecule has 0 fully saturated rings. The maximum atomic E-state index is 10.7. The molecule has 0 rings (SSSR count). The predicted octanol–water partition coefficient (Wildman–Crippen LogP) is 2.30. The SMILES string of the molecule is CCCC=CCC(=O)OCC. The van der Waals surface area contributed by atoms with Crippen molar-refractivity contribution in [3.05, 3.63) is 12.2 Å². The van der Waals surface area contributed by atoms with Gasteiger partial charge in [-0.2, -0.15) is 0 Å². The Hall–Kier alpha value is -0.790. The van der Waals surface area contributed by atoms with Crippen LogP contribution in [-0.4, -0.2) is 12.6 Å². The van der Waals surface area contributed by atoms with E-state index in [1.54, 1.807) is 0 Å². The summed E-state index contributed by atoms with van der Waals surface area (Å²) < 4.78 is 4.73. The summed E-state index contributed by atoms with van der Waals surface area (Å²) in [6.45, 7) is 4.39. The molecular formula is C9H16O2. The third-order valence-corrected chi connectivity index (χ3v) is 1.21. The topological polar surface area (TPSA) is 26.3 Å². The number of allylic oxidation sites excluding steroid dienone is 1. The molecule has 0 radical (unpaired) electrons. The van der Waals surface area contributed by atoms with Gasteiger partial charge >= 0.3 is 5.97 Å². The third-order valence-electron chi connectivity index (χ3n) is 1.21. The maximum absolute atomic E-state index is 10.7. The van der Waals surface area contributed by atoms with Crippen molar-refractivity contribution in [3.8, 4) is 0 Å². The smallest absolute Gasteiger partial charge is 0.309 e. The summed E-state index contributed by atoms with van der Waals surface area (Å²) in [5.74, 6) is -0.139. The summed E-state index contributed by atoms with van der Waals surface area (Å²) >= 11 is 0. The van der Waals surface area contributed by atoms with Gasteiger partial charge < -0.3 is 4.74 Å². The van der Waals surface area contributed by atoms with Gasteiger partial charge in [-0.05, 0) is 13.3 Å². The molecule has 0 bridgehead atoms. The fraction of sp³-hybridized carbons (Fsp3) is 0.667. The van der Waals surface area contributed by atoms with E-state index >= 15 is 0 Å². The standard InChI is InChI=1S/C9H16O2/c1-3-5-6-7-8-9(10)11-4-2/h6-7H,3-5,8H2,1-2H3. The second-order valence-electron chi connectivity index (χ2n) is 2.27. The lowest BCUT2D eigenvalue weighted by atomic mass is 10.3. The molecule has 2 nitrogen and oxygen atoms in total. The maximum Gasteiger partial charge on any atom is 0.309 e. The number of carbonyl (C=O) groups excluding carboxylic acids is 1. The van der Waals surface area contributed by atoms with Crippen LogP contribution in [0.2, 0.25) is 0 Å². The van der Waals surface area contributed by atoms with Gasteiger partial charge in [-0.3, -0.25) is 4.79 Å². The summed E-state index contributed by atoms with van der Waals surface area (Å²) in [6.07, 6.45) is 6.45. The number of unbranched alkanes of at least 4 members (excludes halogenated alkanes) is 1. The third kappa shape index (κ3) is 7.10. The van der Waals surface area contributed by atoms with Gasteiger partial charge in [-0.1, -0.05) is 25.5 Å². The van der Waals surface area contributed by atoms with Crippen molar-refractivity contribution in [1.82, 2.24) is 0 Å². The van der Waals surface area contributed by atoms with Gasteiger partial charge in [0, 0.05) is 0 Å². The van der Waals surface area contributed by atoms with Crippen LogP contribution in [0.4, 0.5) is 0 Å². The van der Waals surface area contributed by atoms with E-state index in [4.69, 9.17) is 4.74 Å². The molecule has 0 aliphatic heterocycles. The first-order chi connectivity index (χ1) is 5.31. The molecule has 2 heteroatoms. The summed E-state index contributed by atoms with van der Waals surface area (Å²) in [5.41, 5.74) is 0. The molecule has 0 atom stereocenters. The molecule has 0 aromatic rings. The normalized spacial score (nSPS) is 10.4. The van der Waals surface area contributed by atoms with E-state index in [2.05, 4.69) is 6.92 Å². The quantitative estimate of drug-likeness (QED) is 0.451. The average molecular weight is 156 g/mol. The van der Waals surface area contributed by atoms with Gasteiger partial charge in [0.15, 0.2) is 0 Å². The molecular weight excluding hydrogens is 140 g/mol. The van der Waals surface area contributed by atoms with Crippen molar-refractivity contribution in [1.29, 1.82) is 0 Å². The highest BCUT2D eigenvalue weighted by Crippen LogP contribution is 1.92. The van der Waals surface area contributed by atoms with Crippen molar-refractivity contribution in [2.75, 3.05) is 6.61 Å². The molecule has 0 spiro atoms. The second-order valence-corrected chi connectivity index (χ2v) is 2.27. The average Bonchev–Trinajstić information content (AvgIpc) is 1.99. The van der Waals surface area contributed by atoms with Gasteiger partial charge in [0.2, 0.25) is 0 Å². The van der Waals surface area contributed by atoms with E-state index in [0.717, 1.165) is 12.8 Å². The summed E-state index contributed by atoms with van der Waals surface area (Å²) in [5, 5.41) is 0. The number of carbonyl (C=O) groups is 1. The zero-order valence-electron chi connectivity index (χ0n) is 7.30. The van der Waals surface area contributed by atoms with Crippen molar-refractivity contribution in [2.24, 2.45) is 0 Å². The van der Waals surface area contributed by atoms with Gasteiger partial charge in [0.25, 0.3) is 0 Å². The summed E-state index contributed by atoms with van der Waals surface area (Å²) in [4.78, 5) is 10.7. The number of hydrogen-bond donors (Lipinski definition) is 0. The monoisotopic (exact) mass is 156 g/mol. The molecule has 11 heavy (non-hydrogen) atoms. The Morgan fingerprint density at radius 2 is 2.09 bits per heavy atom. The van der Waals surface area contributed by atoms with Crippen molar-refractivity contribution < 1.29 is 9.53 Å². The predicted molar refractivity (Wildman–Crippen MR) is 45.3 cm³/mol. The first-order valence-electron chi connectivity index (χ1n) is 4.11. The number of hydrogen-bond acceptors (Lipinski definition) is 2. The van der Waals surface area contributed by atoms with Crippen LogP contribution < -0.4 is 0 Å². The number of esters is 1. The van der Waals surface area contributed by atoms with Crippen molar-refractivity contribution in [3.63, 3.8) is 0 Å². The first kappa shape index (κ1) is 10.2. The lowest BCUT2D eigenvalue weighted by molar-refractivity contribution is -0.142. The van der Waals surface area contributed by atoms with Crippen LogP contribution in [0.15, 0.2) is 12.2 Å². The van der Waals surface area contributed by atoms with Crippen molar-refractivity contribution in [2.45, 2.75) is 33.1 Å². The molecule has 0 aromatic carbocycles. The van der Waals surface area contributed by atoms with Gasteiger partial charge in [-0.15, -0.1) is 0 Å². The van der Waals surface area contributed by atoms with E-state index in [0.29, 0.717) is 13.0 Å². The van der Waals surface area contributed by atoms with Crippen molar-refractivity contribution >= 4 is 5.97 Å². The fourth-order valence-electron chi connectivity index (χ4n) is 0.684. The van der Waals surface area contributed by atoms with E-state index in [9.17, 15) is 4.79 Å². The zero-order valence-corrected chi connectivity index (χ0v) is 7.30. The molecule has 0 amide bonds. The molecule has 0 unspecified atom stereocenters. The Morgan fingerprint density at radius 3 is 2.64 bits per heavy atom. The Kier molecular flexibility index (Phi) is 6.79. The molecule has 0 aliphatic rings. The van der Waals surface area contributed by atoms with E-state index in [1.165, 1.54) is 0 Å². The molecule has 0 saturated carbocycles. The van der Waals surface area contributed by atoms with Crippen LogP contribution in [0.1, 0.15) is 33.1 Å². The Bertz CT molecular complexity index is 128. The van der Waals surface area contributed by atoms with Gasteiger partial charge in [0.05, 0.1) is 13.0 Å². The molecule has 0 aliphatic carbocycles. The Balaban J connectivity index is 3.29. The van der Waals surface area contributed by atoms with Crippen LogP contribution >= 0.6 is 0 Å². The summed E-state index contributed by atoms with van der Waals surface area (Å²) in [7, 11) is 0. The van der Waals surface area contributed by atoms with Crippen LogP contribution in [0, 0.1) is 0 Å². The highest BCUT2D eigenvalue weighted by molar-refractivity contribution is 5.71. The minimum Gasteiger partial charge on any atom is -0.466 e. The van der Waals surface area contributed by atoms with Crippen LogP contribution in [0.3, 0.4) is 0 Å². The van der Waals surface area contributed by atoms with Crippen LogP contribution in [-0.2, 0) is 9.53 Å². The number of ether oxygens (including phenoxy) is 1. The van der Waals surface area contributed by atoms with Crippen LogP contribution in [0.5, 0.6) is 0 Å². The van der Waals surface area contributed by atoms with Gasteiger partial charge in [0.1, 0.15) is 0 Å². The Morgan fingerprint density at radius 1 is 1.36 bits per heavy atom. The van der Waals surface area contributed by atoms with Crippen LogP contribution in [0.25, 0.3) is 0 Å². The van der Waals surface area contributed by atoms with E-state index in [-0.39, 0.29) is 5.97 Å². The van der Waals surface area contributed by atoms with E-state index < -0.39 is 0 Å². The minimum atomic E-state index is -0.139. The zero-order chi connectivity index (χ0) is 8.53. The largest absolute Gasteiger partial charge is 0.466 e. The molecule has 0 N–H and O–H groups in total. The first-order valence-corrected chi connectivity index (χ1v) is 4.11. The Labute approximate surface area is 68.2 Å². The lowest BCUT2D eigenvalue weighted by Gasteiger charge is -1.95. The molecule has 0 aromatic heterocycles. The summed E-state index contributed by atoms with van der Waals surface area (Å²) in [6, 6.07) is 0. The highest BCUT2D eigenvalue weighted by Gasteiger charge is 1.94. The fourth-order valence-corrected chi connectivity index (χ4v) is 0.684. The molecule has 0 heterocycles.